The van der Waals surface area contributed by atoms with Crippen molar-refractivity contribution in [3.63, 3.8) is 0 Å². The highest BCUT2D eigenvalue weighted by Crippen LogP contribution is 2.26. The van der Waals surface area contributed by atoms with Crippen LogP contribution in [0, 0.1) is 0 Å². The Kier molecular flexibility index (Phi) is 4.84. The summed E-state index contributed by atoms with van der Waals surface area (Å²) in [6.07, 6.45) is 4.61. The van der Waals surface area contributed by atoms with E-state index in [2.05, 4.69) is 43.8 Å². The number of fused-ring (bicyclic) bond motifs is 1. The normalized spacial score (nSPS) is 11.0. The highest BCUT2D eigenvalue weighted by molar-refractivity contribution is 7.99. The van der Waals surface area contributed by atoms with Gasteiger partial charge in [-0.25, -0.2) is 0 Å². The topological polar surface area (TPSA) is 52.3 Å². The molecule has 0 atom stereocenters. The van der Waals surface area contributed by atoms with E-state index in [0.29, 0.717) is 0 Å². The molecule has 5 nitrogen and oxygen atoms in total. The highest BCUT2D eigenvalue weighted by Gasteiger charge is 2.12. The third-order valence-corrected chi connectivity index (χ3v) is 5.11. The van der Waals surface area contributed by atoms with Crippen LogP contribution < -0.4 is 4.74 Å². The van der Waals surface area contributed by atoms with Crippen LogP contribution in [0.2, 0.25) is 0 Å². The molecule has 0 unspecified atom stereocenters. The summed E-state index contributed by atoms with van der Waals surface area (Å²) in [5.74, 6) is 2.60. The highest BCUT2D eigenvalue weighted by atomic mass is 32.2. The Morgan fingerprint density at radius 2 is 1.77 bits per heavy atom. The van der Waals surface area contributed by atoms with E-state index in [1.165, 1.54) is 5.56 Å². The second kappa shape index (κ2) is 7.58. The Balaban J connectivity index is 1.61. The number of methoxy groups -OCH3 is 1. The van der Waals surface area contributed by atoms with Crippen LogP contribution in [-0.4, -0.2) is 32.4 Å². The van der Waals surface area contributed by atoms with Gasteiger partial charge in [0.25, 0.3) is 0 Å². The number of aromatic nitrogens is 4. The fraction of sp³-hybridized carbons (Fsp3) is 0.150. The number of hydrogen-bond donors (Lipinski definition) is 0. The van der Waals surface area contributed by atoms with Gasteiger partial charge in [0.05, 0.1) is 19.5 Å². The summed E-state index contributed by atoms with van der Waals surface area (Å²) in [5, 5.41) is 9.67. The van der Waals surface area contributed by atoms with E-state index in [4.69, 9.17) is 4.74 Å². The first-order valence-electron chi connectivity index (χ1n) is 8.35. The summed E-state index contributed by atoms with van der Waals surface area (Å²) >= 11 is 1.76. The maximum Gasteiger partial charge on any atom is 0.180 e. The molecule has 0 radical (unpaired) electrons. The summed E-state index contributed by atoms with van der Waals surface area (Å²) in [5.41, 5.74) is 3.08. The molecule has 0 spiro atoms. The maximum atomic E-state index is 5.24. The molecule has 4 rings (SSSR count). The number of rotatable bonds is 6. The lowest BCUT2D eigenvalue weighted by Gasteiger charge is -2.08. The number of aryl methyl sites for hydroxylation is 1. The van der Waals surface area contributed by atoms with Gasteiger partial charge in [-0.05, 0) is 36.2 Å². The Morgan fingerprint density at radius 3 is 2.54 bits per heavy atom. The third-order valence-electron chi connectivity index (χ3n) is 4.12. The van der Waals surface area contributed by atoms with Crippen LogP contribution in [0.4, 0.5) is 0 Å². The molecule has 0 saturated heterocycles. The second-order valence-electron chi connectivity index (χ2n) is 5.78. The van der Waals surface area contributed by atoms with Crippen molar-refractivity contribution in [3.05, 3.63) is 72.6 Å². The van der Waals surface area contributed by atoms with Crippen molar-refractivity contribution < 1.29 is 4.74 Å². The number of thioether (sulfide) groups is 1. The molecule has 26 heavy (non-hydrogen) atoms. The molecular formula is C20H18N4OS. The Hall–Kier alpha value is -2.86. The molecule has 2 heterocycles. The van der Waals surface area contributed by atoms with Gasteiger partial charge in [-0.1, -0.05) is 30.3 Å². The molecule has 0 N–H and O–H groups in total. The third kappa shape index (κ3) is 3.41. The molecule has 0 aliphatic rings. The molecule has 4 aromatic rings. The number of hydrogen-bond acceptors (Lipinski definition) is 5. The van der Waals surface area contributed by atoms with Crippen molar-refractivity contribution in [1.82, 2.24) is 19.6 Å². The smallest absolute Gasteiger partial charge is 0.180 e. The van der Waals surface area contributed by atoms with Gasteiger partial charge in [0.15, 0.2) is 11.5 Å². The first kappa shape index (κ1) is 16.6. The Morgan fingerprint density at radius 1 is 0.962 bits per heavy atom. The molecule has 0 fully saturated rings. The fourth-order valence-electron chi connectivity index (χ4n) is 2.77. The first-order chi connectivity index (χ1) is 12.8. The first-order valence-corrected chi connectivity index (χ1v) is 9.34. The number of ether oxygens (including phenoxy) is 1. The lowest BCUT2D eigenvalue weighted by atomic mass is 10.2. The Labute approximate surface area is 156 Å². The average Bonchev–Trinajstić information content (AvgIpc) is 3.14. The molecule has 0 bridgehead atoms. The minimum Gasteiger partial charge on any atom is -0.497 e. The SMILES string of the molecule is COc1ccc(-c2nnc3cncc(SCCc4ccccc4)n23)cc1. The summed E-state index contributed by atoms with van der Waals surface area (Å²) in [4.78, 5) is 4.31. The van der Waals surface area contributed by atoms with Crippen LogP contribution in [0.15, 0.2) is 72.0 Å². The van der Waals surface area contributed by atoms with Gasteiger partial charge in [0, 0.05) is 11.3 Å². The van der Waals surface area contributed by atoms with Crippen molar-refractivity contribution in [2.45, 2.75) is 11.4 Å². The van der Waals surface area contributed by atoms with Gasteiger partial charge in [0.1, 0.15) is 10.8 Å². The summed E-state index contributed by atoms with van der Waals surface area (Å²) in [6, 6.07) is 18.3. The second-order valence-corrected chi connectivity index (χ2v) is 6.89. The lowest BCUT2D eigenvalue weighted by molar-refractivity contribution is 0.415. The van der Waals surface area contributed by atoms with Crippen LogP contribution >= 0.6 is 11.8 Å². The molecular weight excluding hydrogens is 344 g/mol. The zero-order valence-corrected chi connectivity index (χ0v) is 15.2. The lowest BCUT2D eigenvalue weighted by Crippen LogP contribution is -1.97. The van der Waals surface area contributed by atoms with E-state index in [1.54, 1.807) is 25.1 Å². The summed E-state index contributed by atoms with van der Waals surface area (Å²) < 4.78 is 7.30. The van der Waals surface area contributed by atoms with Crippen LogP contribution in [0.3, 0.4) is 0 Å². The van der Waals surface area contributed by atoms with Crippen molar-refractivity contribution in [1.29, 1.82) is 0 Å². The fourth-order valence-corrected chi connectivity index (χ4v) is 3.76. The predicted molar refractivity (Wildman–Crippen MR) is 104 cm³/mol. The largest absolute Gasteiger partial charge is 0.497 e. The molecule has 0 saturated carbocycles. The van der Waals surface area contributed by atoms with E-state index in [9.17, 15) is 0 Å². The van der Waals surface area contributed by atoms with Gasteiger partial charge >= 0.3 is 0 Å². The van der Waals surface area contributed by atoms with Gasteiger partial charge in [-0.3, -0.25) is 9.38 Å². The number of benzene rings is 2. The summed E-state index contributed by atoms with van der Waals surface area (Å²) in [6.45, 7) is 0. The molecule has 0 aliphatic heterocycles. The van der Waals surface area contributed by atoms with E-state index in [-0.39, 0.29) is 0 Å². The van der Waals surface area contributed by atoms with Crippen LogP contribution in [0.25, 0.3) is 17.0 Å². The van der Waals surface area contributed by atoms with Gasteiger partial charge in [-0.2, -0.15) is 0 Å². The average molecular weight is 362 g/mol. The monoisotopic (exact) mass is 362 g/mol. The standard InChI is InChI=1S/C20H18N4OS/c1-25-17-9-7-16(8-10-17)20-23-22-18-13-21-14-19(24(18)20)26-12-11-15-5-3-2-4-6-15/h2-10,13-14H,11-12H2,1H3. The zero-order chi connectivity index (χ0) is 17.8. The molecule has 2 aromatic carbocycles. The van der Waals surface area contributed by atoms with E-state index < -0.39 is 0 Å². The van der Waals surface area contributed by atoms with E-state index in [0.717, 1.165) is 40.0 Å². The number of nitrogens with zero attached hydrogens (tertiary/aromatic N) is 4. The summed E-state index contributed by atoms with van der Waals surface area (Å²) in [7, 11) is 1.66. The van der Waals surface area contributed by atoms with Crippen molar-refractivity contribution in [2.75, 3.05) is 12.9 Å². The minimum absolute atomic E-state index is 0.750. The van der Waals surface area contributed by atoms with E-state index in [1.807, 2.05) is 36.5 Å². The maximum absolute atomic E-state index is 5.24. The van der Waals surface area contributed by atoms with Gasteiger partial charge in [-0.15, -0.1) is 22.0 Å². The molecule has 130 valence electrons. The molecule has 6 heteroatoms. The van der Waals surface area contributed by atoms with Crippen molar-refractivity contribution >= 4 is 17.4 Å². The minimum atomic E-state index is 0.750. The Bertz CT molecular complexity index is 999. The van der Waals surface area contributed by atoms with Crippen LogP contribution in [-0.2, 0) is 6.42 Å². The van der Waals surface area contributed by atoms with Crippen molar-refractivity contribution in [2.24, 2.45) is 0 Å². The molecule has 2 aromatic heterocycles. The van der Waals surface area contributed by atoms with E-state index >= 15 is 0 Å². The predicted octanol–water partition coefficient (Wildman–Crippen LogP) is 4.13. The molecule has 0 aliphatic carbocycles. The zero-order valence-electron chi connectivity index (χ0n) is 14.4. The van der Waals surface area contributed by atoms with Crippen LogP contribution in [0.5, 0.6) is 5.75 Å². The molecule has 0 amide bonds. The van der Waals surface area contributed by atoms with Gasteiger partial charge in [0.2, 0.25) is 0 Å². The quantitative estimate of drug-likeness (QED) is 0.483. The van der Waals surface area contributed by atoms with Gasteiger partial charge < -0.3 is 4.74 Å². The van der Waals surface area contributed by atoms with Crippen molar-refractivity contribution in [3.8, 4) is 17.1 Å². The van der Waals surface area contributed by atoms with Crippen LogP contribution in [0.1, 0.15) is 5.56 Å².